The number of hydrogen-bond acceptors (Lipinski definition) is 4. The number of ether oxygens (including phenoxy) is 1. The molecule has 2 N–H and O–H groups in total. The minimum Gasteiger partial charge on any atom is -0.494 e. The van der Waals surface area contributed by atoms with Crippen molar-refractivity contribution < 1.29 is 4.74 Å². The summed E-state index contributed by atoms with van der Waals surface area (Å²) in [4.78, 5) is 13.1. The number of guanidine groups is 1. The quantitative estimate of drug-likeness (QED) is 0.477. The molecule has 0 atom stereocenters. The van der Waals surface area contributed by atoms with Gasteiger partial charge in [0.1, 0.15) is 17.4 Å². The van der Waals surface area contributed by atoms with E-state index in [-0.39, 0.29) is 0 Å². The van der Waals surface area contributed by atoms with E-state index >= 15 is 0 Å². The number of hydrogen-bond donors (Lipinski definition) is 2. The standard InChI is InChI=1S/C22H28N6O/c1-5-29-20-12-16(2)6-8-19(20)15-27-22(23-4)26-14-18-7-9-21(25-13-18)28-11-10-24-17(28)3/h6-13H,5,14-15H2,1-4H3,(H2,23,26,27). The van der Waals surface area contributed by atoms with Crippen molar-refractivity contribution in [1.82, 2.24) is 25.2 Å². The van der Waals surface area contributed by atoms with Gasteiger partial charge >= 0.3 is 0 Å². The predicted octanol–water partition coefficient (Wildman–Crippen LogP) is 3.15. The van der Waals surface area contributed by atoms with E-state index in [0.29, 0.717) is 19.7 Å². The molecular weight excluding hydrogens is 364 g/mol. The number of imidazole rings is 1. The van der Waals surface area contributed by atoms with Crippen molar-refractivity contribution in [3.63, 3.8) is 0 Å². The first kappa shape index (κ1) is 20.4. The van der Waals surface area contributed by atoms with Crippen LogP contribution in [0.25, 0.3) is 5.82 Å². The van der Waals surface area contributed by atoms with Gasteiger partial charge in [-0.3, -0.25) is 9.56 Å². The van der Waals surface area contributed by atoms with Gasteiger partial charge in [-0.2, -0.15) is 0 Å². The fourth-order valence-corrected chi connectivity index (χ4v) is 2.97. The lowest BCUT2D eigenvalue weighted by Gasteiger charge is -2.15. The van der Waals surface area contributed by atoms with E-state index in [1.807, 2.05) is 36.9 Å². The highest BCUT2D eigenvalue weighted by Gasteiger charge is 2.06. The number of pyridine rings is 1. The van der Waals surface area contributed by atoms with Crippen LogP contribution in [-0.2, 0) is 13.1 Å². The fourth-order valence-electron chi connectivity index (χ4n) is 2.97. The molecule has 29 heavy (non-hydrogen) atoms. The maximum atomic E-state index is 5.75. The summed E-state index contributed by atoms with van der Waals surface area (Å²) in [5.74, 6) is 3.40. The molecule has 2 heterocycles. The molecule has 0 fully saturated rings. The Bertz CT molecular complexity index is 962. The van der Waals surface area contributed by atoms with E-state index in [0.717, 1.165) is 34.5 Å². The van der Waals surface area contributed by atoms with Crippen molar-refractivity contribution in [2.75, 3.05) is 13.7 Å². The van der Waals surface area contributed by atoms with Crippen LogP contribution in [0, 0.1) is 13.8 Å². The minimum absolute atomic E-state index is 0.627. The van der Waals surface area contributed by atoms with Gasteiger partial charge in [0.15, 0.2) is 5.96 Å². The van der Waals surface area contributed by atoms with Gasteiger partial charge in [-0.1, -0.05) is 18.2 Å². The average Bonchev–Trinajstić information content (AvgIpc) is 3.16. The summed E-state index contributed by atoms with van der Waals surface area (Å²) in [6.07, 6.45) is 5.54. The van der Waals surface area contributed by atoms with Crippen LogP contribution in [0.5, 0.6) is 5.75 Å². The summed E-state index contributed by atoms with van der Waals surface area (Å²) in [7, 11) is 1.76. The van der Waals surface area contributed by atoms with Crippen LogP contribution in [-0.4, -0.2) is 34.1 Å². The van der Waals surface area contributed by atoms with Crippen LogP contribution in [0.15, 0.2) is 53.9 Å². The van der Waals surface area contributed by atoms with Gasteiger partial charge in [0.05, 0.1) is 6.61 Å². The second kappa shape index (κ2) is 9.73. The van der Waals surface area contributed by atoms with Crippen LogP contribution in [0.4, 0.5) is 0 Å². The Kier molecular flexibility index (Phi) is 6.84. The third-order valence-corrected chi connectivity index (χ3v) is 4.53. The number of aryl methyl sites for hydroxylation is 2. The van der Waals surface area contributed by atoms with Crippen molar-refractivity contribution in [1.29, 1.82) is 0 Å². The Labute approximate surface area is 171 Å². The van der Waals surface area contributed by atoms with Crippen molar-refractivity contribution in [2.45, 2.75) is 33.9 Å². The smallest absolute Gasteiger partial charge is 0.191 e. The Hall–Kier alpha value is -3.35. The van der Waals surface area contributed by atoms with E-state index in [1.54, 1.807) is 13.2 Å². The molecule has 3 rings (SSSR count). The summed E-state index contributed by atoms with van der Waals surface area (Å²) in [6, 6.07) is 10.3. The Morgan fingerprint density at radius 3 is 2.59 bits per heavy atom. The molecule has 0 aliphatic heterocycles. The van der Waals surface area contributed by atoms with Crippen LogP contribution in [0.2, 0.25) is 0 Å². The lowest BCUT2D eigenvalue weighted by Crippen LogP contribution is -2.36. The highest BCUT2D eigenvalue weighted by atomic mass is 16.5. The molecule has 0 radical (unpaired) electrons. The van der Waals surface area contributed by atoms with Crippen molar-refractivity contribution in [2.24, 2.45) is 4.99 Å². The maximum absolute atomic E-state index is 5.75. The summed E-state index contributed by atoms with van der Waals surface area (Å²) in [5, 5.41) is 6.66. The molecule has 1 aromatic carbocycles. The van der Waals surface area contributed by atoms with Crippen LogP contribution < -0.4 is 15.4 Å². The molecule has 0 amide bonds. The lowest BCUT2D eigenvalue weighted by molar-refractivity contribution is 0.336. The zero-order chi connectivity index (χ0) is 20.6. The molecule has 0 spiro atoms. The van der Waals surface area contributed by atoms with E-state index in [1.165, 1.54) is 5.56 Å². The van der Waals surface area contributed by atoms with Gasteiger partial charge in [0.25, 0.3) is 0 Å². The normalized spacial score (nSPS) is 11.4. The maximum Gasteiger partial charge on any atom is 0.191 e. The van der Waals surface area contributed by atoms with Gasteiger partial charge in [-0.15, -0.1) is 0 Å². The van der Waals surface area contributed by atoms with Crippen molar-refractivity contribution in [3.05, 3.63) is 71.4 Å². The molecule has 3 aromatic rings. The number of nitrogens with zero attached hydrogens (tertiary/aromatic N) is 4. The molecule has 0 bridgehead atoms. The molecule has 152 valence electrons. The number of aromatic nitrogens is 3. The summed E-state index contributed by atoms with van der Waals surface area (Å²) in [5.41, 5.74) is 3.35. The largest absolute Gasteiger partial charge is 0.494 e. The van der Waals surface area contributed by atoms with Crippen molar-refractivity contribution >= 4 is 5.96 Å². The predicted molar refractivity (Wildman–Crippen MR) is 115 cm³/mol. The Balaban J connectivity index is 1.57. The third-order valence-electron chi connectivity index (χ3n) is 4.53. The number of rotatable bonds is 7. The minimum atomic E-state index is 0.627. The van der Waals surface area contributed by atoms with Crippen LogP contribution >= 0.6 is 0 Å². The molecule has 7 nitrogen and oxygen atoms in total. The zero-order valence-corrected chi connectivity index (χ0v) is 17.4. The number of nitrogens with one attached hydrogen (secondary N) is 2. The van der Waals surface area contributed by atoms with Gasteiger partial charge in [-0.05, 0) is 44.0 Å². The topological polar surface area (TPSA) is 76.4 Å². The molecule has 0 saturated heterocycles. The molecule has 0 aliphatic rings. The summed E-state index contributed by atoms with van der Waals surface area (Å²) in [6.45, 7) is 7.92. The zero-order valence-electron chi connectivity index (χ0n) is 17.4. The molecule has 0 unspecified atom stereocenters. The SMILES string of the molecule is CCOc1cc(C)ccc1CNC(=NC)NCc1ccc(-n2ccnc2C)nc1. The number of aliphatic imine (C=N–C) groups is 1. The number of benzene rings is 1. The second-order valence-corrected chi connectivity index (χ2v) is 6.69. The molecule has 2 aromatic heterocycles. The summed E-state index contributed by atoms with van der Waals surface area (Å²) < 4.78 is 7.70. The fraction of sp³-hybridized carbons (Fsp3) is 0.318. The highest BCUT2D eigenvalue weighted by Crippen LogP contribution is 2.20. The Morgan fingerprint density at radius 2 is 1.93 bits per heavy atom. The van der Waals surface area contributed by atoms with E-state index in [2.05, 4.69) is 56.8 Å². The van der Waals surface area contributed by atoms with E-state index < -0.39 is 0 Å². The lowest BCUT2D eigenvalue weighted by atomic mass is 10.1. The second-order valence-electron chi connectivity index (χ2n) is 6.69. The van der Waals surface area contributed by atoms with E-state index in [9.17, 15) is 0 Å². The first-order chi connectivity index (χ1) is 14.1. The molecule has 7 heteroatoms. The Morgan fingerprint density at radius 1 is 1.10 bits per heavy atom. The first-order valence-corrected chi connectivity index (χ1v) is 9.72. The first-order valence-electron chi connectivity index (χ1n) is 9.72. The summed E-state index contributed by atoms with van der Waals surface area (Å²) >= 11 is 0. The third kappa shape index (κ3) is 5.34. The van der Waals surface area contributed by atoms with Gasteiger partial charge < -0.3 is 15.4 Å². The van der Waals surface area contributed by atoms with Gasteiger partial charge in [0.2, 0.25) is 0 Å². The van der Waals surface area contributed by atoms with Crippen molar-refractivity contribution in [3.8, 4) is 11.6 Å². The van der Waals surface area contributed by atoms with Gasteiger partial charge in [0, 0.05) is 44.3 Å². The van der Waals surface area contributed by atoms with E-state index in [4.69, 9.17) is 4.74 Å². The average molecular weight is 393 g/mol. The molecular formula is C22H28N6O. The molecule has 0 aliphatic carbocycles. The van der Waals surface area contributed by atoms with Gasteiger partial charge in [-0.25, -0.2) is 9.97 Å². The highest BCUT2D eigenvalue weighted by molar-refractivity contribution is 5.79. The monoisotopic (exact) mass is 392 g/mol. The molecule has 0 saturated carbocycles. The van der Waals surface area contributed by atoms with Crippen LogP contribution in [0.1, 0.15) is 29.4 Å². The van der Waals surface area contributed by atoms with Crippen LogP contribution in [0.3, 0.4) is 0 Å².